The second-order valence-electron chi connectivity index (χ2n) is 12.7. The van der Waals surface area contributed by atoms with Crippen molar-refractivity contribution in [1.82, 2.24) is 15.0 Å². The Hall–Kier alpha value is -3.91. The number of amides is 1. The highest BCUT2D eigenvalue weighted by molar-refractivity contribution is 7.92. The van der Waals surface area contributed by atoms with Gasteiger partial charge >= 0.3 is 12.1 Å². The zero-order chi connectivity index (χ0) is 34.1. The molecule has 2 unspecified atom stereocenters. The second kappa shape index (κ2) is 13.1. The Kier molecular flexibility index (Phi) is 9.93. The maximum Gasteiger partial charge on any atom is 0.416 e. The third kappa shape index (κ3) is 7.55. The first-order chi connectivity index (χ1) is 21.3. The molecule has 3 heterocycles. The zero-order valence-electron chi connectivity index (χ0n) is 26.3. The van der Waals surface area contributed by atoms with Crippen LogP contribution in [0.15, 0.2) is 78.1 Å². The lowest BCUT2D eigenvalue weighted by molar-refractivity contribution is -0.141. The minimum Gasteiger partial charge on any atom is -0.480 e. The molecule has 3 aromatic heterocycles. The van der Waals surface area contributed by atoms with Crippen LogP contribution >= 0.6 is 22.9 Å². The Labute approximate surface area is 277 Å². The number of hydrogen-bond donors (Lipinski definition) is 2. The number of nitrogens with zero attached hydrogens (tertiary/aromatic N) is 4. The lowest BCUT2D eigenvalue weighted by Crippen LogP contribution is -2.54. The van der Waals surface area contributed by atoms with Gasteiger partial charge in [-0.25, -0.2) is 37.9 Å². The lowest BCUT2D eigenvalue weighted by atomic mass is 9.85. The molecule has 3 N–H and O–H groups in total. The van der Waals surface area contributed by atoms with Crippen LogP contribution < -0.4 is 10.6 Å². The van der Waals surface area contributed by atoms with Crippen LogP contribution in [0.5, 0.6) is 0 Å². The number of carboxylic acids is 1. The third-order valence-corrected chi connectivity index (χ3v) is 10.1. The smallest absolute Gasteiger partial charge is 0.416 e. The van der Waals surface area contributed by atoms with Gasteiger partial charge in [-0.05, 0) is 56.0 Å². The summed E-state index contributed by atoms with van der Waals surface area (Å²) in [7, 11) is -4.44. The van der Waals surface area contributed by atoms with Gasteiger partial charge in [0.15, 0.2) is 9.90 Å². The predicted molar refractivity (Wildman–Crippen MR) is 177 cm³/mol. The number of carbonyl (C=O) groups is 2. The molecule has 11 nitrogen and oxygen atoms in total. The van der Waals surface area contributed by atoms with E-state index in [9.17, 15) is 23.1 Å². The molecule has 0 aliphatic heterocycles. The molecule has 0 spiro atoms. The number of halogens is 1. The number of aromatic nitrogens is 3. The maximum atomic E-state index is 14.3. The fourth-order valence-corrected chi connectivity index (χ4v) is 7.27. The number of thiazole rings is 1. The first kappa shape index (κ1) is 35.0. The van der Waals surface area contributed by atoms with Crippen LogP contribution in [0.2, 0.25) is 4.34 Å². The van der Waals surface area contributed by atoms with Crippen molar-refractivity contribution >= 4 is 50.7 Å². The van der Waals surface area contributed by atoms with Gasteiger partial charge in [-0.3, -0.25) is 0 Å². The number of pyridine rings is 2. The maximum absolute atomic E-state index is 14.3. The normalized spacial score (nSPS) is 14.3. The molecule has 4 aromatic rings. The molecular weight excluding hydrogens is 650 g/mol. The molecule has 0 aliphatic rings. The van der Waals surface area contributed by atoms with Gasteiger partial charge in [0.1, 0.15) is 26.8 Å². The summed E-state index contributed by atoms with van der Waals surface area (Å²) < 4.78 is 34.7. The Balaban J connectivity index is 1.89. The number of carboxylic acid groups (broad SMARTS) is 1. The fraction of sp³-hybridized carbons (Fsp3) is 0.344. The van der Waals surface area contributed by atoms with Crippen LogP contribution in [-0.2, 0) is 30.7 Å². The van der Waals surface area contributed by atoms with Crippen molar-refractivity contribution in [2.45, 2.75) is 69.5 Å². The fourth-order valence-electron chi connectivity index (χ4n) is 4.78. The highest BCUT2D eigenvalue weighted by Crippen LogP contribution is 2.36. The number of carbonyl (C=O) groups excluding carboxylic acids is 1. The van der Waals surface area contributed by atoms with Crippen molar-refractivity contribution in [3.63, 3.8) is 0 Å². The summed E-state index contributed by atoms with van der Waals surface area (Å²) in [6.45, 7) is 9.94. The molecule has 1 aromatic carbocycles. The van der Waals surface area contributed by atoms with Crippen molar-refractivity contribution in [2.75, 3.05) is 4.90 Å². The zero-order valence-corrected chi connectivity index (χ0v) is 28.7. The van der Waals surface area contributed by atoms with Gasteiger partial charge < -0.3 is 15.6 Å². The van der Waals surface area contributed by atoms with E-state index in [2.05, 4.69) is 15.0 Å². The van der Waals surface area contributed by atoms with Crippen molar-refractivity contribution in [3.8, 4) is 10.6 Å². The molecule has 4 rings (SSSR count). The van der Waals surface area contributed by atoms with E-state index >= 15 is 0 Å². The summed E-state index contributed by atoms with van der Waals surface area (Å²) in [6.07, 6.45) is 1.69. The molecule has 46 heavy (non-hydrogen) atoms. The summed E-state index contributed by atoms with van der Waals surface area (Å²) >= 11 is 7.35. The average molecular weight is 686 g/mol. The van der Waals surface area contributed by atoms with Crippen LogP contribution in [0.4, 0.5) is 10.6 Å². The van der Waals surface area contributed by atoms with Crippen LogP contribution in [0.3, 0.4) is 0 Å². The standard InChI is InChI=1S/C32H36ClN5O6S2/c1-30(2,3)26(28(39)40)38(29(41)44-31(4,5)6)24-11-9-10-22(37-24)32(34,46(42,43)25-12-7-8-17-35-25)18-20-13-15-21(16-14-20)27-36-19-23(33)45-27/h7-17,19,26H,18,34H2,1-6H3,(H,39,40). The van der Waals surface area contributed by atoms with E-state index in [4.69, 9.17) is 22.1 Å². The molecule has 0 saturated carbocycles. The van der Waals surface area contributed by atoms with Crippen LogP contribution in [0, 0.1) is 5.41 Å². The Bertz CT molecular complexity index is 1820. The van der Waals surface area contributed by atoms with Gasteiger partial charge in [0.05, 0.1) is 11.9 Å². The summed E-state index contributed by atoms with van der Waals surface area (Å²) in [6, 6.07) is 14.4. The molecule has 0 bridgehead atoms. The predicted octanol–water partition coefficient (Wildman–Crippen LogP) is 6.32. The Morgan fingerprint density at radius 1 is 1.00 bits per heavy atom. The molecule has 0 fully saturated rings. The minimum absolute atomic E-state index is 0.127. The van der Waals surface area contributed by atoms with Gasteiger partial charge in [0.2, 0.25) is 9.84 Å². The topological polar surface area (TPSA) is 166 Å². The first-order valence-electron chi connectivity index (χ1n) is 14.2. The van der Waals surface area contributed by atoms with Crippen LogP contribution in [-0.4, -0.2) is 52.2 Å². The summed E-state index contributed by atoms with van der Waals surface area (Å²) in [5.41, 5.74) is 6.18. The number of benzene rings is 1. The van der Waals surface area contributed by atoms with Gasteiger partial charge in [-0.1, -0.05) is 68.8 Å². The van der Waals surface area contributed by atoms with Gasteiger partial charge in [-0.2, -0.15) is 0 Å². The van der Waals surface area contributed by atoms with Crippen LogP contribution in [0.25, 0.3) is 10.6 Å². The number of anilines is 1. The monoisotopic (exact) mass is 685 g/mol. The molecular formula is C32H36ClN5O6S2. The summed E-state index contributed by atoms with van der Waals surface area (Å²) in [5.74, 6) is -1.44. The molecule has 0 aliphatic carbocycles. The number of aliphatic carboxylic acids is 1. The summed E-state index contributed by atoms with van der Waals surface area (Å²) in [4.78, 5) is 37.9. The van der Waals surface area contributed by atoms with E-state index in [1.807, 2.05) is 0 Å². The number of rotatable bonds is 9. The molecule has 0 radical (unpaired) electrons. The lowest BCUT2D eigenvalue weighted by Gasteiger charge is -2.37. The van der Waals surface area contributed by atoms with E-state index in [0.717, 1.165) is 10.5 Å². The quantitative estimate of drug-likeness (QED) is 0.203. The number of sulfone groups is 1. The molecule has 1 amide bonds. The molecule has 2 atom stereocenters. The second-order valence-corrected chi connectivity index (χ2v) is 16.6. The van der Waals surface area contributed by atoms with Crippen molar-refractivity contribution in [3.05, 3.63) is 88.7 Å². The van der Waals surface area contributed by atoms with E-state index in [0.29, 0.717) is 14.9 Å². The van der Waals surface area contributed by atoms with E-state index < -0.39 is 43.8 Å². The van der Waals surface area contributed by atoms with Gasteiger partial charge in [-0.15, -0.1) is 11.3 Å². The largest absolute Gasteiger partial charge is 0.480 e. The van der Waals surface area contributed by atoms with E-state index in [1.54, 1.807) is 78.1 Å². The third-order valence-electron chi connectivity index (χ3n) is 6.86. The Morgan fingerprint density at radius 3 is 2.20 bits per heavy atom. The number of ether oxygens (including phenoxy) is 1. The highest BCUT2D eigenvalue weighted by Gasteiger charge is 2.47. The summed E-state index contributed by atoms with van der Waals surface area (Å²) in [5, 5.41) is 10.7. The van der Waals surface area contributed by atoms with E-state index in [-0.39, 0.29) is 23.0 Å². The van der Waals surface area contributed by atoms with Crippen molar-refractivity contribution in [1.29, 1.82) is 0 Å². The molecule has 244 valence electrons. The number of hydrogen-bond acceptors (Lipinski definition) is 10. The van der Waals surface area contributed by atoms with Gasteiger partial charge in [0, 0.05) is 18.2 Å². The highest BCUT2D eigenvalue weighted by atomic mass is 35.5. The van der Waals surface area contributed by atoms with Crippen molar-refractivity contribution < 1.29 is 27.9 Å². The number of nitrogens with two attached hydrogens (primary N) is 1. The minimum atomic E-state index is -4.44. The van der Waals surface area contributed by atoms with Gasteiger partial charge in [0.25, 0.3) is 0 Å². The Morgan fingerprint density at radius 2 is 1.67 bits per heavy atom. The van der Waals surface area contributed by atoms with Crippen molar-refractivity contribution in [2.24, 2.45) is 11.1 Å². The first-order valence-corrected chi connectivity index (χ1v) is 16.9. The molecule has 14 heteroatoms. The van der Waals surface area contributed by atoms with E-state index in [1.165, 1.54) is 47.9 Å². The molecule has 0 saturated heterocycles. The van der Waals surface area contributed by atoms with Crippen LogP contribution in [0.1, 0.15) is 52.8 Å². The average Bonchev–Trinajstić information content (AvgIpc) is 3.41. The SMILES string of the molecule is CC(C)(C)OC(=O)N(c1cccc(C(N)(Cc2ccc(-c3ncc(Cl)s3)cc2)S(=O)(=O)c2ccccn2)n1)C(C(=O)O)C(C)(C)C.